The lowest BCUT2D eigenvalue weighted by atomic mass is 9.85. The van der Waals surface area contributed by atoms with Gasteiger partial charge in [-0.1, -0.05) is 19.1 Å². The van der Waals surface area contributed by atoms with Gasteiger partial charge in [0, 0.05) is 49.9 Å². The molecule has 0 unspecified atom stereocenters. The van der Waals surface area contributed by atoms with Crippen LogP contribution in [0.15, 0.2) is 45.6 Å². The summed E-state index contributed by atoms with van der Waals surface area (Å²) in [5, 5.41) is 0.824. The average molecular weight is 479 g/mol. The Balaban J connectivity index is 1.87. The summed E-state index contributed by atoms with van der Waals surface area (Å²) in [4.78, 5) is 17.2. The van der Waals surface area contributed by atoms with Gasteiger partial charge in [0.25, 0.3) is 0 Å². The number of nitrogens with zero attached hydrogens (tertiary/aromatic N) is 2. The lowest BCUT2D eigenvalue weighted by Crippen LogP contribution is -2.35. The Hall–Kier alpha value is -2.99. The van der Waals surface area contributed by atoms with Crippen LogP contribution in [0.4, 0.5) is 5.69 Å². The molecular formula is C29H38N2O4. The molecule has 0 saturated carbocycles. The van der Waals surface area contributed by atoms with Crippen LogP contribution in [0.3, 0.4) is 0 Å². The van der Waals surface area contributed by atoms with Crippen molar-refractivity contribution >= 4 is 16.7 Å². The minimum Gasteiger partial charge on any atom is -0.496 e. The molecule has 2 heterocycles. The zero-order valence-corrected chi connectivity index (χ0v) is 21.9. The van der Waals surface area contributed by atoms with Gasteiger partial charge in [-0.05, 0) is 68.5 Å². The summed E-state index contributed by atoms with van der Waals surface area (Å²) in [6.07, 6.45) is 3.43. The zero-order valence-electron chi connectivity index (χ0n) is 21.9. The van der Waals surface area contributed by atoms with E-state index >= 15 is 0 Å². The molecule has 6 nitrogen and oxygen atoms in total. The number of ether oxygens (including phenoxy) is 2. The minimum absolute atomic E-state index is 0.00301. The molecule has 0 amide bonds. The number of hydrogen-bond acceptors (Lipinski definition) is 6. The maximum absolute atomic E-state index is 12.5. The third-order valence-corrected chi connectivity index (χ3v) is 7.25. The summed E-state index contributed by atoms with van der Waals surface area (Å²) in [5.74, 6) is 2.04. The Morgan fingerprint density at radius 2 is 1.83 bits per heavy atom. The number of rotatable bonds is 8. The predicted molar refractivity (Wildman–Crippen MR) is 142 cm³/mol. The van der Waals surface area contributed by atoms with E-state index in [1.165, 1.54) is 24.5 Å². The maximum Gasteiger partial charge on any atom is 0.336 e. The van der Waals surface area contributed by atoms with Crippen molar-refractivity contribution < 1.29 is 13.9 Å². The molecule has 2 atom stereocenters. The first-order chi connectivity index (χ1) is 16.8. The molecule has 0 aliphatic carbocycles. The van der Waals surface area contributed by atoms with Crippen molar-refractivity contribution in [3.63, 3.8) is 0 Å². The molecule has 1 aliphatic rings. The van der Waals surface area contributed by atoms with Gasteiger partial charge >= 0.3 is 5.63 Å². The molecule has 6 heteroatoms. The highest BCUT2D eigenvalue weighted by Gasteiger charge is 2.27. The van der Waals surface area contributed by atoms with Gasteiger partial charge < -0.3 is 23.7 Å². The second kappa shape index (κ2) is 10.7. The number of methoxy groups -OCH3 is 2. The number of anilines is 1. The van der Waals surface area contributed by atoms with Crippen molar-refractivity contribution in [1.82, 2.24) is 4.90 Å². The number of hydrogen-bond donors (Lipinski definition) is 0. The van der Waals surface area contributed by atoms with E-state index in [1.807, 2.05) is 27.1 Å². The van der Waals surface area contributed by atoms with E-state index in [0.29, 0.717) is 17.1 Å². The van der Waals surface area contributed by atoms with Crippen LogP contribution in [0.25, 0.3) is 11.0 Å². The first kappa shape index (κ1) is 25.1. The van der Waals surface area contributed by atoms with Gasteiger partial charge in [0.2, 0.25) is 0 Å². The van der Waals surface area contributed by atoms with E-state index in [-0.39, 0.29) is 11.5 Å². The largest absolute Gasteiger partial charge is 0.496 e. The molecule has 0 N–H and O–H groups in total. The van der Waals surface area contributed by atoms with Crippen LogP contribution >= 0.6 is 0 Å². The second-order valence-corrected chi connectivity index (χ2v) is 10.0. The molecule has 1 aromatic heterocycles. The molecular weight excluding hydrogens is 440 g/mol. The average Bonchev–Trinajstić information content (AvgIpc) is 2.84. The molecule has 35 heavy (non-hydrogen) atoms. The lowest BCUT2D eigenvalue weighted by molar-refractivity contribution is 0.180. The normalized spacial score (nSPS) is 17.4. The van der Waals surface area contributed by atoms with Gasteiger partial charge in [0.15, 0.2) is 0 Å². The van der Waals surface area contributed by atoms with Crippen LogP contribution in [0.1, 0.15) is 48.8 Å². The number of benzene rings is 2. The molecule has 188 valence electrons. The summed E-state index contributed by atoms with van der Waals surface area (Å²) in [6, 6.07) is 12.1. The molecule has 1 fully saturated rings. The molecule has 4 rings (SSSR count). The zero-order chi connectivity index (χ0) is 25.1. The van der Waals surface area contributed by atoms with E-state index in [4.69, 9.17) is 13.9 Å². The standard InChI is InChI=1S/C29H38N2O4/c1-19-8-7-14-31(18-19)15-13-23(21-9-11-22(12-10-21)30(3)4)28-25(34-6)17-24(33-5)27-20(2)16-26(32)35-29(27)28/h9-12,16-17,19,23H,7-8,13-15,18H2,1-6H3/t19-,23+/m0/s1. The van der Waals surface area contributed by atoms with Crippen LogP contribution in [0, 0.1) is 12.8 Å². The van der Waals surface area contributed by atoms with Gasteiger partial charge in [-0.15, -0.1) is 0 Å². The Bertz CT molecular complexity index is 1220. The second-order valence-electron chi connectivity index (χ2n) is 10.0. The van der Waals surface area contributed by atoms with Crippen molar-refractivity contribution in [2.24, 2.45) is 5.92 Å². The van der Waals surface area contributed by atoms with E-state index < -0.39 is 0 Å². The van der Waals surface area contributed by atoms with Crippen molar-refractivity contribution in [2.75, 3.05) is 52.8 Å². The fourth-order valence-corrected chi connectivity index (χ4v) is 5.43. The SMILES string of the molecule is COc1cc(OC)c2c(C)cc(=O)oc2c1[C@H](CCN1CCC[C@H](C)C1)c1ccc(N(C)C)cc1. The van der Waals surface area contributed by atoms with E-state index in [9.17, 15) is 4.79 Å². The van der Waals surface area contributed by atoms with Gasteiger partial charge in [0.1, 0.15) is 17.1 Å². The van der Waals surface area contributed by atoms with E-state index in [0.717, 1.165) is 54.2 Å². The third kappa shape index (κ3) is 5.32. The first-order valence-electron chi connectivity index (χ1n) is 12.5. The third-order valence-electron chi connectivity index (χ3n) is 7.25. The Morgan fingerprint density at radius 1 is 1.11 bits per heavy atom. The number of aryl methyl sites for hydroxylation is 1. The highest BCUT2D eigenvalue weighted by molar-refractivity contribution is 5.92. The summed E-state index contributed by atoms with van der Waals surface area (Å²) < 4.78 is 17.5. The van der Waals surface area contributed by atoms with Crippen LogP contribution in [0.5, 0.6) is 11.5 Å². The topological polar surface area (TPSA) is 55.2 Å². The van der Waals surface area contributed by atoms with Crippen molar-refractivity contribution in [3.8, 4) is 11.5 Å². The lowest BCUT2D eigenvalue weighted by Gasteiger charge is -2.32. The van der Waals surface area contributed by atoms with Crippen LogP contribution in [0.2, 0.25) is 0 Å². The minimum atomic E-state index is -0.363. The smallest absolute Gasteiger partial charge is 0.336 e. The number of piperidine rings is 1. The first-order valence-corrected chi connectivity index (χ1v) is 12.5. The molecule has 2 aromatic carbocycles. The molecule has 0 bridgehead atoms. The molecule has 3 aromatic rings. The maximum atomic E-state index is 12.5. The molecule has 0 spiro atoms. The van der Waals surface area contributed by atoms with Crippen molar-refractivity contribution in [1.29, 1.82) is 0 Å². The Labute approximate surface area is 208 Å². The van der Waals surface area contributed by atoms with Crippen LogP contribution in [-0.2, 0) is 0 Å². The summed E-state index contributed by atoms with van der Waals surface area (Å²) in [5.41, 5.74) is 4.26. The number of fused-ring (bicyclic) bond motifs is 1. The Kier molecular flexibility index (Phi) is 7.70. The number of likely N-dealkylation sites (tertiary alicyclic amines) is 1. The molecule has 1 aliphatic heterocycles. The highest BCUT2D eigenvalue weighted by Crippen LogP contribution is 2.44. The predicted octanol–water partition coefficient (Wildman–Crippen LogP) is 5.44. The highest BCUT2D eigenvalue weighted by atomic mass is 16.5. The van der Waals surface area contributed by atoms with E-state index in [1.54, 1.807) is 14.2 Å². The quantitative estimate of drug-likeness (QED) is 0.402. The van der Waals surface area contributed by atoms with E-state index in [2.05, 4.69) is 41.0 Å². The van der Waals surface area contributed by atoms with Gasteiger partial charge in [0.05, 0.1) is 19.6 Å². The van der Waals surface area contributed by atoms with Crippen LogP contribution < -0.4 is 20.0 Å². The van der Waals surface area contributed by atoms with Crippen LogP contribution in [-0.4, -0.2) is 52.8 Å². The molecule has 1 saturated heterocycles. The van der Waals surface area contributed by atoms with Crippen molar-refractivity contribution in [3.05, 3.63) is 63.5 Å². The molecule has 0 radical (unpaired) electrons. The van der Waals surface area contributed by atoms with Gasteiger partial charge in [-0.3, -0.25) is 0 Å². The fraction of sp³-hybridized carbons (Fsp3) is 0.483. The fourth-order valence-electron chi connectivity index (χ4n) is 5.43. The monoisotopic (exact) mass is 478 g/mol. The summed E-state index contributed by atoms with van der Waals surface area (Å²) in [6.45, 7) is 7.48. The van der Waals surface area contributed by atoms with Crippen molar-refractivity contribution in [2.45, 2.75) is 39.0 Å². The summed E-state index contributed by atoms with van der Waals surface area (Å²) >= 11 is 0. The van der Waals surface area contributed by atoms with Gasteiger partial charge in [-0.25, -0.2) is 4.79 Å². The summed E-state index contributed by atoms with van der Waals surface area (Å²) in [7, 11) is 7.38. The van der Waals surface area contributed by atoms with Gasteiger partial charge in [-0.2, -0.15) is 0 Å². The Morgan fingerprint density at radius 3 is 2.46 bits per heavy atom.